The molecule has 1 heterocycles. The molecule has 0 unspecified atom stereocenters. The minimum atomic E-state index is 0.0861. The zero-order chi connectivity index (χ0) is 22.4. The van der Waals surface area contributed by atoms with Crippen molar-refractivity contribution in [2.45, 2.75) is 26.4 Å². The molecule has 164 valence electrons. The predicted molar refractivity (Wildman–Crippen MR) is 126 cm³/mol. The molecule has 0 aliphatic carbocycles. The first kappa shape index (κ1) is 22.6. The summed E-state index contributed by atoms with van der Waals surface area (Å²) in [6.07, 6.45) is 0.348. The molecule has 0 fully saturated rings. The maximum Gasteiger partial charge on any atom is 0.224 e. The van der Waals surface area contributed by atoms with Gasteiger partial charge in [0.25, 0.3) is 0 Å². The third kappa shape index (κ3) is 5.52. The number of methoxy groups -OCH3 is 1. The maximum atomic E-state index is 12.9. The number of H-pyrrole nitrogens is 1. The van der Waals surface area contributed by atoms with Gasteiger partial charge in [0.2, 0.25) is 5.91 Å². The van der Waals surface area contributed by atoms with Crippen molar-refractivity contribution in [3.8, 4) is 17.1 Å². The summed E-state index contributed by atoms with van der Waals surface area (Å²) in [5.74, 6) is 1.57. The average molecular weight is 440 g/mol. The molecule has 2 aromatic carbocycles. The van der Waals surface area contributed by atoms with E-state index in [0.717, 1.165) is 22.6 Å². The van der Waals surface area contributed by atoms with Crippen LogP contribution in [0.2, 0.25) is 0 Å². The van der Waals surface area contributed by atoms with E-state index in [1.54, 1.807) is 7.11 Å². The minimum Gasteiger partial charge on any atom is -0.497 e. The van der Waals surface area contributed by atoms with Crippen molar-refractivity contribution >= 4 is 23.8 Å². The molecule has 0 radical (unpaired) electrons. The molecule has 0 aliphatic heterocycles. The zero-order valence-electron chi connectivity index (χ0n) is 18.5. The molecule has 0 saturated heterocycles. The lowest BCUT2D eigenvalue weighted by Gasteiger charge is -2.22. The molecule has 8 heteroatoms. The summed E-state index contributed by atoms with van der Waals surface area (Å²) >= 11 is 5.40. The topological polar surface area (TPSA) is 66.4 Å². The van der Waals surface area contributed by atoms with Crippen LogP contribution in [-0.4, -0.2) is 53.3 Å². The van der Waals surface area contributed by atoms with Crippen molar-refractivity contribution < 1.29 is 9.53 Å². The Bertz CT molecular complexity index is 1050. The molecule has 0 atom stereocenters. The predicted octanol–water partition coefficient (Wildman–Crippen LogP) is 4.12. The van der Waals surface area contributed by atoms with Crippen molar-refractivity contribution in [2.75, 3.05) is 32.6 Å². The molecule has 7 nitrogen and oxygen atoms in total. The number of rotatable bonds is 9. The van der Waals surface area contributed by atoms with Crippen molar-refractivity contribution in [1.29, 1.82) is 0 Å². The van der Waals surface area contributed by atoms with Crippen LogP contribution in [0.4, 0.5) is 5.69 Å². The van der Waals surface area contributed by atoms with E-state index in [1.165, 1.54) is 0 Å². The van der Waals surface area contributed by atoms with Gasteiger partial charge in [0.15, 0.2) is 10.6 Å². The number of anilines is 1. The molecule has 1 N–H and O–H groups in total. The van der Waals surface area contributed by atoms with Crippen LogP contribution in [0.1, 0.15) is 18.9 Å². The summed E-state index contributed by atoms with van der Waals surface area (Å²) in [6.45, 7) is 3.70. The van der Waals surface area contributed by atoms with Crippen LogP contribution in [0, 0.1) is 4.77 Å². The number of carbonyl (C=O) groups excluding carboxylic acids is 1. The molecular formula is C23H29N5O2S. The second kappa shape index (κ2) is 10.3. The highest BCUT2D eigenvalue weighted by Gasteiger charge is 2.15. The van der Waals surface area contributed by atoms with Crippen LogP contribution in [-0.2, 0) is 17.9 Å². The first-order chi connectivity index (χ1) is 14.9. The Morgan fingerprint density at radius 3 is 2.39 bits per heavy atom. The van der Waals surface area contributed by atoms with Crippen LogP contribution in [0.15, 0.2) is 48.5 Å². The van der Waals surface area contributed by atoms with Gasteiger partial charge in [-0.3, -0.25) is 14.5 Å². The van der Waals surface area contributed by atoms with Crippen molar-refractivity contribution in [3.05, 3.63) is 58.9 Å². The lowest BCUT2D eigenvalue weighted by atomic mass is 10.1. The number of nitrogens with one attached hydrogen (secondary N) is 1. The van der Waals surface area contributed by atoms with Crippen LogP contribution in [0.25, 0.3) is 11.4 Å². The number of aromatic amines is 1. The Hall–Kier alpha value is -3.13. The number of amides is 1. The van der Waals surface area contributed by atoms with Crippen LogP contribution in [0.3, 0.4) is 0 Å². The summed E-state index contributed by atoms with van der Waals surface area (Å²) in [6, 6.07) is 15.9. The number of hydrogen-bond donors (Lipinski definition) is 1. The quantitative estimate of drug-likeness (QED) is 0.508. The lowest BCUT2D eigenvalue weighted by molar-refractivity contribution is -0.131. The third-order valence-electron chi connectivity index (χ3n) is 5.22. The van der Waals surface area contributed by atoms with Gasteiger partial charge in [0.05, 0.1) is 7.11 Å². The summed E-state index contributed by atoms with van der Waals surface area (Å²) in [5.41, 5.74) is 3.16. The van der Waals surface area contributed by atoms with E-state index in [9.17, 15) is 4.79 Å². The highest BCUT2D eigenvalue weighted by Crippen LogP contribution is 2.21. The van der Waals surface area contributed by atoms with Crippen molar-refractivity contribution in [1.82, 2.24) is 19.7 Å². The van der Waals surface area contributed by atoms with Crippen molar-refractivity contribution in [2.24, 2.45) is 0 Å². The van der Waals surface area contributed by atoms with E-state index in [-0.39, 0.29) is 5.91 Å². The summed E-state index contributed by atoms with van der Waals surface area (Å²) in [7, 11) is 5.66. The van der Waals surface area contributed by atoms with Gasteiger partial charge >= 0.3 is 0 Å². The molecule has 31 heavy (non-hydrogen) atoms. The van der Waals surface area contributed by atoms with E-state index < -0.39 is 0 Å². The summed E-state index contributed by atoms with van der Waals surface area (Å²) < 4.78 is 7.59. The fraction of sp³-hybridized carbons (Fsp3) is 0.348. The minimum absolute atomic E-state index is 0.0861. The van der Waals surface area contributed by atoms with E-state index in [2.05, 4.69) is 39.4 Å². The van der Waals surface area contributed by atoms with Gasteiger partial charge in [0.1, 0.15) is 5.75 Å². The Morgan fingerprint density at radius 2 is 1.81 bits per heavy atom. The molecular weight excluding hydrogens is 410 g/mol. The number of hydrogen-bond acceptors (Lipinski definition) is 5. The third-order valence-corrected chi connectivity index (χ3v) is 5.53. The zero-order valence-corrected chi connectivity index (χ0v) is 19.3. The van der Waals surface area contributed by atoms with Crippen LogP contribution < -0.4 is 9.64 Å². The van der Waals surface area contributed by atoms with Crippen molar-refractivity contribution in [3.63, 3.8) is 0 Å². The SMILES string of the molecule is CCN(Cc1ccc(N(C)C)cc1)C(=O)CCn1c(-c2ccc(OC)cc2)n[nH]c1=S. The first-order valence-corrected chi connectivity index (χ1v) is 10.7. The highest BCUT2D eigenvalue weighted by atomic mass is 32.1. The van der Waals surface area contributed by atoms with Gasteiger partial charge in [-0.15, -0.1) is 0 Å². The number of ether oxygens (including phenoxy) is 1. The fourth-order valence-corrected chi connectivity index (χ4v) is 3.57. The van der Waals surface area contributed by atoms with Gasteiger partial charge in [-0.1, -0.05) is 12.1 Å². The van der Waals surface area contributed by atoms with Gasteiger partial charge in [-0.2, -0.15) is 5.10 Å². The average Bonchev–Trinajstić information content (AvgIpc) is 3.16. The Labute approximate surface area is 188 Å². The molecule has 3 aromatic rings. The molecule has 3 rings (SSSR count). The number of nitrogens with zero attached hydrogens (tertiary/aromatic N) is 4. The molecule has 0 aliphatic rings. The maximum absolute atomic E-state index is 12.9. The van der Waals surface area contributed by atoms with Gasteiger partial charge in [-0.05, 0) is 61.1 Å². The monoisotopic (exact) mass is 439 g/mol. The molecule has 0 saturated carbocycles. The lowest BCUT2D eigenvalue weighted by Crippen LogP contribution is -2.31. The van der Waals surface area contributed by atoms with E-state index in [1.807, 2.05) is 54.8 Å². The molecule has 1 aromatic heterocycles. The first-order valence-electron chi connectivity index (χ1n) is 10.3. The standard InChI is InChI=1S/C23H29N5O2S/c1-5-27(16-17-6-10-19(11-7-17)26(2)3)21(29)14-15-28-22(24-25-23(28)31)18-8-12-20(30-4)13-9-18/h6-13H,5,14-16H2,1-4H3,(H,25,31). The van der Waals surface area contributed by atoms with E-state index in [0.29, 0.717) is 36.7 Å². The smallest absolute Gasteiger partial charge is 0.224 e. The van der Waals surface area contributed by atoms with Crippen LogP contribution >= 0.6 is 12.2 Å². The number of carbonyl (C=O) groups is 1. The molecule has 0 spiro atoms. The molecule has 0 bridgehead atoms. The normalized spacial score (nSPS) is 10.7. The number of benzene rings is 2. The van der Waals surface area contributed by atoms with E-state index in [4.69, 9.17) is 17.0 Å². The fourth-order valence-electron chi connectivity index (χ4n) is 3.35. The Morgan fingerprint density at radius 1 is 1.13 bits per heavy atom. The Kier molecular flexibility index (Phi) is 7.46. The molecule has 1 amide bonds. The summed E-state index contributed by atoms with van der Waals surface area (Å²) in [5, 5.41) is 7.19. The van der Waals surface area contributed by atoms with Gasteiger partial charge in [-0.25, -0.2) is 0 Å². The van der Waals surface area contributed by atoms with E-state index >= 15 is 0 Å². The van der Waals surface area contributed by atoms with Gasteiger partial charge < -0.3 is 14.5 Å². The van der Waals surface area contributed by atoms with Crippen LogP contribution in [0.5, 0.6) is 5.75 Å². The highest BCUT2D eigenvalue weighted by molar-refractivity contribution is 7.71. The van der Waals surface area contributed by atoms with Gasteiger partial charge in [0, 0.05) is 51.4 Å². The summed E-state index contributed by atoms with van der Waals surface area (Å²) in [4.78, 5) is 16.8. The number of aromatic nitrogens is 3. The largest absolute Gasteiger partial charge is 0.497 e. The second-order valence-electron chi connectivity index (χ2n) is 7.45. The second-order valence-corrected chi connectivity index (χ2v) is 7.84. The Balaban J connectivity index is 1.67.